The molecule has 0 atom stereocenters. The van der Waals surface area contributed by atoms with Crippen molar-refractivity contribution in [2.24, 2.45) is 0 Å². The van der Waals surface area contributed by atoms with Crippen LogP contribution in [0, 0.1) is 6.92 Å². The van der Waals surface area contributed by atoms with Crippen molar-refractivity contribution in [3.8, 4) is 0 Å². The number of rotatable bonds is 6. The van der Waals surface area contributed by atoms with Gasteiger partial charge in [0, 0.05) is 31.7 Å². The first kappa shape index (κ1) is 19.9. The van der Waals surface area contributed by atoms with Crippen LogP contribution in [0.4, 0.5) is 0 Å². The van der Waals surface area contributed by atoms with Gasteiger partial charge in [-0.25, -0.2) is 8.42 Å². The van der Waals surface area contributed by atoms with Gasteiger partial charge < -0.3 is 9.64 Å². The third-order valence-corrected chi connectivity index (χ3v) is 6.87. The van der Waals surface area contributed by atoms with E-state index in [-0.39, 0.29) is 16.8 Å². The van der Waals surface area contributed by atoms with E-state index < -0.39 is 10.0 Å². The number of amides is 1. The Kier molecular flexibility index (Phi) is 6.59. The highest BCUT2D eigenvalue weighted by molar-refractivity contribution is 7.89. The lowest BCUT2D eigenvalue weighted by atomic mass is 10.1. The highest BCUT2D eigenvalue weighted by Crippen LogP contribution is 2.23. The van der Waals surface area contributed by atoms with Crippen molar-refractivity contribution in [1.29, 1.82) is 0 Å². The highest BCUT2D eigenvalue weighted by Gasteiger charge is 2.29. The van der Waals surface area contributed by atoms with E-state index in [1.165, 1.54) is 10.4 Å². The molecule has 1 saturated heterocycles. The lowest BCUT2D eigenvalue weighted by molar-refractivity contribution is 0.0721. The summed E-state index contributed by atoms with van der Waals surface area (Å²) >= 11 is 0. The predicted octanol–water partition coefficient (Wildman–Crippen LogP) is 2.28. The second-order valence-corrected chi connectivity index (χ2v) is 8.29. The summed E-state index contributed by atoms with van der Waals surface area (Å²) in [4.78, 5) is 14.7. The molecule has 0 unspecified atom stereocenters. The Morgan fingerprint density at radius 2 is 1.84 bits per heavy atom. The largest absolute Gasteiger partial charge is 0.379 e. The van der Waals surface area contributed by atoms with Crippen LogP contribution in [-0.4, -0.2) is 62.9 Å². The van der Waals surface area contributed by atoms with Gasteiger partial charge in [-0.05, 0) is 37.5 Å². The average Bonchev–Trinajstić information content (AvgIpc) is 2.63. The fourth-order valence-electron chi connectivity index (χ4n) is 3.14. The van der Waals surface area contributed by atoms with Crippen LogP contribution in [-0.2, 0) is 14.8 Å². The molecule has 6 nitrogen and oxygen atoms in total. The van der Waals surface area contributed by atoms with Crippen molar-refractivity contribution < 1.29 is 17.9 Å². The molecule has 7 heteroatoms. The van der Waals surface area contributed by atoms with Crippen LogP contribution in [0.3, 0.4) is 0 Å². The van der Waals surface area contributed by atoms with E-state index >= 15 is 0 Å². The minimum Gasteiger partial charge on any atom is -0.379 e. The number of hydrogen-bond acceptors (Lipinski definition) is 4. The minimum absolute atomic E-state index is 0.146. The van der Waals surface area contributed by atoms with E-state index in [4.69, 9.17) is 4.74 Å². The maximum atomic E-state index is 12.9. The van der Waals surface area contributed by atoms with Crippen molar-refractivity contribution in [3.63, 3.8) is 0 Å². The van der Waals surface area contributed by atoms with E-state index in [0.29, 0.717) is 37.4 Å². The summed E-state index contributed by atoms with van der Waals surface area (Å²) in [6.45, 7) is 7.32. The Hall–Kier alpha value is -1.44. The van der Waals surface area contributed by atoms with Crippen LogP contribution < -0.4 is 0 Å². The first-order valence-electron chi connectivity index (χ1n) is 8.78. The monoisotopic (exact) mass is 368 g/mol. The zero-order valence-electron chi connectivity index (χ0n) is 15.5. The normalized spacial score (nSPS) is 16.2. The van der Waals surface area contributed by atoms with Gasteiger partial charge in [-0.15, -0.1) is 0 Å². The summed E-state index contributed by atoms with van der Waals surface area (Å²) < 4.78 is 32.6. The van der Waals surface area contributed by atoms with Gasteiger partial charge in [0.05, 0.1) is 18.1 Å². The number of nitrogens with zero attached hydrogens (tertiary/aromatic N) is 2. The maximum Gasteiger partial charge on any atom is 0.253 e. The SMILES string of the molecule is CCC(CC)N(C)C(=O)c1ccc(C)c(S(=O)(=O)N2CCOCC2)c1. The number of sulfonamides is 1. The molecule has 1 aliphatic rings. The number of hydrogen-bond donors (Lipinski definition) is 0. The number of morpholine rings is 1. The summed E-state index contributed by atoms with van der Waals surface area (Å²) in [6, 6.07) is 5.07. The summed E-state index contributed by atoms with van der Waals surface area (Å²) in [5.74, 6) is -0.146. The average molecular weight is 368 g/mol. The first-order valence-corrected chi connectivity index (χ1v) is 10.2. The van der Waals surface area contributed by atoms with Crippen molar-refractivity contribution in [3.05, 3.63) is 29.3 Å². The summed E-state index contributed by atoms with van der Waals surface area (Å²) in [6.07, 6.45) is 1.73. The Balaban J connectivity index is 2.35. The van der Waals surface area contributed by atoms with E-state index in [0.717, 1.165) is 12.8 Å². The van der Waals surface area contributed by atoms with E-state index in [1.807, 2.05) is 13.8 Å². The molecule has 0 aliphatic carbocycles. The topological polar surface area (TPSA) is 66.9 Å². The Morgan fingerprint density at radius 1 is 1.24 bits per heavy atom. The molecule has 0 N–H and O–H groups in total. The summed E-state index contributed by atoms with van der Waals surface area (Å²) in [7, 11) is -1.85. The van der Waals surface area contributed by atoms with Crippen molar-refractivity contribution >= 4 is 15.9 Å². The standard InChI is InChI=1S/C18H28N2O4S/c1-5-16(6-2)19(4)18(21)15-8-7-14(3)17(13-15)25(22,23)20-9-11-24-12-10-20/h7-8,13,16H,5-6,9-12H2,1-4H3. The van der Waals surface area contributed by atoms with E-state index in [2.05, 4.69) is 0 Å². The highest BCUT2D eigenvalue weighted by atomic mass is 32.2. The maximum absolute atomic E-state index is 12.9. The van der Waals surface area contributed by atoms with Crippen LogP contribution in [0.5, 0.6) is 0 Å². The Labute approximate surface area is 150 Å². The molecule has 1 fully saturated rings. The third kappa shape index (κ3) is 4.22. The smallest absolute Gasteiger partial charge is 0.253 e. The second kappa shape index (κ2) is 8.29. The van der Waals surface area contributed by atoms with Crippen LogP contribution in [0.25, 0.3) is 0 Å². The Bertz CT molecular complexity index is 708. The second-order valence-electron chi connectivity index (χ2n) is 6.38. The van der Waals surface area contributed by atoms with Crippen LogP contribution >= 0.6 is 0 Å². The number of ether oxygens (including phenoxy) is 1. The fraction of sp³-hybridized carbons (Fsp3) is 0.611. The number of benzene rings is 1. The van der Waals surface area contributed by atoms with Gasteiger partial charge in [-0.1, -0.05) is 19.9 Å². The lowest BCUT2D eigenvalue weighted by Crippen LogP contribution is -2.41. The zero-order chi connectivity index (χ0) is 18.6. The first-order chi connectivity index (χ1) is 11.8. The molecule has 0 saturated carbocycles. The predicted molar refractivity (Wildman–Crippen MR) is 97.2 cm³/mol. The molecular weight excluding hydrogens is 340 g/mol. The molecule has 25 heavy (non-hydrogen) atoms. The zero-order valence-corrected chi connectivity index (χ0v) is 16.3. The summed E-state index contributed by atoms with van der Waals surface area (Å²) in [5.41, 5.74) is 1.06. The lowest BCUT2D eigenvalue weighted by Gasteiger charge is -2.28. The van der Waals surface area contributed by atoms with Gasteiger partial charge in [-0.3, -0.25) is 4.79 Å². The van der Waals surface area contributed by atoms with E-state index in [1.54, 1.807) is 31.0 Å². The minimum atomic E-state index is -3.62. The molecule has 0 radical (unpaired) electrons. The molecule has 0 spiro atoms. The molecule has 1 aromatic rings. The van der Waals surface area contributed by atoms with Crippen molar-refractivity contribution in [1.82, 2.24) is 9.21 Å². The number of aryl methyl sites for hydroxylation is 1. The van der Waals surface area contributed by atoms with E-state index in [9.17, 15) is 13.2 Å². The third-order valence-electron chi connectivity index (χ3n) is 4.83. The quantitative estimate of drug-likeness (QED) is 0.773. The Morgan fingerprint density at radius 3 is 2.40 bits per heavy atom. The molecule has 0 bridgehead atoms. The van der Waals surface area contributed by atoms with Gasteiger partial charge in [0.1, 0.15) is 0 Å². The van der Waals surface area contributed by atoms with Gasteiger partial charge in [0.2, 0.25) is 10.0 Å². The van der Waals surface area contributed by atoms with Crippen molar-refractivity contribution in [2.75, 3.05) is 33.4 Å². The van der Waals surface area contributed by atoms with Crippen LogP contribution in [0.1, 0.15) is 42.6 Å². The van der Waals surface area contributed by atoms with Gasteiger partial charge in [-0.2, -0.15) is 4.31 Å². The number of carbonyl (C=O) groups is 1. The fourth-order valence-corrected chi connectivity index (χ4v) is 4.80. The molecule has 1 amide bonds. The molecular formula is C18H28N2O4S. The van der Waals surface area contributed by atoms with Crippen LogP contribution in [0.2, 0.25) is 0 Å². The molecule has 1 aliphatic heterocycles. The van der Waals surface area contributed by atoms with Crippen molar-refractivity contribution in [2.45, 2.75) is 44.6 Å². The van der Waals surface area contributed by atoms with Gasteiger partial charge >= 0.3 is 0 Å². The van der Waals surface area contributed by atoms with Gasteiger partial charge in [0.15, 0.2) is 0 Å². The molecule has 1 heterocycles. The molecule has 0 aromatic heterocycles. The number of carbonyl (C=O) groups excluding carboxylic acids is 1. The molecule has 140 valence electrons. The summed E-state index contributed by atoms with van der Waals surface area (Å²) in [5, 5.41) is 0. The molecule has 1 aromatic carbocycles. The van der Waals surface area contributed by atoms with Gasteiger partial charge in [0.25, 0.3) is 5.91 Å². The van der Waals surface area contributed by atoms with Crippen LogP contribution in [0.15, 0.2) is 23.1 Å². The molecule has 2 rings (SSSR count).